The minimum absolute atomic E-state index is 0.0125. The number of fused-ring (bicyclic) bond motifs is 1. The molecule has 2 aromatic rings. The van der Waals surface area contributed by atoms with Crippen LogP contribution in [0.25, 0.3) is 0 Å². The van der Waals surface area contributed by atoms with Gasteiger partial charge in [0.25, 0.3) is 0 Å². The van der Waals surface area contributed by atoms with Crippen LogP contribution in [-0.4, -0.2) is 37.0 Å². The standard InChI is InChI=1S/C26H31FN2O4S/c1-17-25(3,4)22-12-19(24(30)14-26(5)8-10-34(31,32)11-9-26)6-7-23(22)29(17)20-13-21(16-28-15-20)33-18(2)27/h6-7,12-13,15-16,18H,1,8-11,14H2,2-5H3. The molecule has 1 aromatic heterocycles. The number of carbonyl (C=O) groups is 1. The molecule has 6 nitrogen and oxygen atoms in total. The molecular weight excluding hydrogens is 455 g/mol. The number of rotatable bonds is 6. The SMILES string of the molecule is C=C1N(c2cncc(OC(C)F)c2)c2ccc(C(=O)CC3(C)CCS(=O)(=O)CC3)cc2C1(C)C. The molecule has 0 spiro atoms. The predicted octanol–water partition coefficient (Wildman–Crippen LogP) is 5.51. The van der Waals surface area contributed by atoms with Gasteiger partial charge >= 0.3 is 0 Å². The lowest BCUT2D eigenvalue weighted by Crippen LogP contribution is -2.33. The Hall–Kier alpha value is -2.74. The van der Waals surface area contributed by atoms with Gasteiger partial charge in [0.15, 0.2) is 5.78 Å². The number of allylic oxidation sites excluding steroid dienone is 1. The van der Waals surface area contributed by atoms with Crippen molar-refractivity contribution in [3.63, 3.8) is 0 Å². The van der Waals surface area contributed by atoms with Gasteiger partial charge in [0.1, 0.15) is 15.6 Å². The molecule has 1 saturated heterocycles. The molecule has 1 atom stereocenters. The Morgan fingerprint density at radius 1 is 1.21 bits per heavy atom. The van der Waals surface area contributed by atoms with Crippen LogP contribution in [0.2, 0.25) is 0 Å². The van der Waals surface area contributed by atoms with Gasteiger partial charge in [0.2, 0.25) is 6.36 Å². The zero-order valence-electron chi connectivity index (χ0n) is 20.1. The summed E-state index contributed by atoms with van der Waals surface area (Å²) in [4.78, 5) is 19.4. The molecule has 0 amide bonds. The number of hydrogen-bond acceptors (Lipinski definition) is 6. The topological polar surface area (TPSA) is 76.6 Å². The summed E-state index contributed by atoms with van der Waals surface area (Å²) in [5, 5.41) is 0. The van der Waals surface area contributed by atoms with Crippen molar-refractivity contribution < 1.29 is 22.3 Å². The van der Waals surface area contributed by atoms with Crippen molar-refractivity contribution in [2.24, 2.45) is 5.41 Å². The quantitative estimate of drug-likeness (QED) is 0.502. The highest BCUT2D eigenvalue weighted by molar-refractivity contribution is 7.91. The maximum Gasteiger partial charge on any atom is 0.235 e. The third-order valence-electron chi connectivity index (χ3n) is 7.10. The van der Waals surface area contributed by atoms with Gasteiger partial charge in [-0.1, -0.05) is 27.4 Å². The highest BCUT2D eigenvalue weighted by atomic mass is 32.2. The third-order valence-corrected chi connectivity index (χ3v) is 8.75. The van der Waals surface area contributed by atoms with Crippen LogP contribution in [0.1, 0.15) is 62.9 Å². The Balaban J connectivity index is 1.63. The van der Waals surface area contributed by atoms with Gasteiger partial charge in [0, 0.05) is 36.1 Å². The van der Waals surface area contributed by atoms with E-state index in [4.69, 9.17) is 4.74 Å². The number of ketones is 1. The van der Waals surface area contributed by atoms with Crippen LogP contribution in [0.3, 0.4) is 0 Å². The second-order valence-corrected chi connectivity index (χ2v) is 12.5. The number of aromatic nitrogens is 1. The summed E-state index contributed by atoms with van der Waals surface area (Å²) >= 11 is 0. The van der Waals surface area contributed by atoms with Crippen LogP contribution in [0, 0.1) is 5.41 Å². The number of hydrogen-bond donors (Lipinski definition) is 0. The van der Waals surface area contributed by atoms with Crippen LogP contribution in [0.4, 0.5) is 15.8 Å². The number of halogens is 1. The molecule has 0 saturated carbocycles. The van der Waals surface area contributed by atoms with Crippen molar-refractivity contribution in [3.05, 3.63) is 60.1 Å². The Bertz CT molecular complexity index is 1240. The lowest BCUT2D eigenvalue weighted by Gasteiger charge is -2.32. The van der Waals surface area contributed by atoms with E-state index < -0.39 is 21.6 Å². The molecule has 2 aliphatic heterocycles. The number of Topliss-reactive ketones (excluding diaryl/α,β-unsaturated/α-hetero) is 1. The number of nitrogens with zero attached hydrogens (tertiary/aromatic N) is 2. The summed E-state index contributed by atoms with van der Waals surface area (Å²) in [7, 11) is -2.99. The van der Waals surface area contributed by atoms with E-state index in [1.54, 1.807) is 12.3 Å². The average molecular weight is 487 g/mol. The predicted molar refractivity (Wildman–Crippen MR) is 131 cm³/mol. The van der Waals surface area contributed by atoms with E-state index in [0.29, 0.717) is 36.3 Å². The normalized spacial score (nSPS) is 21.1. The largest absolute Gasteiger partial charge is 0.459 e. The molecule has 2 aliphatic rings. The number of benzene rings is 1. The molecule has 0 bridgehead atoms. The number of sulfone groups is 1. The monoisotopic (exact) mass is 486 g/mol. The molecule has 34 heavy (non-hydrogen) atoms. The summed E-state index contributed by atoms with van der Waals surface area (Å²) in [6, 6.07) is 7.35. The Labute approximate surface area is 200 Å². The van der Waals surface area contributed by atoms with E-state index in [9.17, 15) is 17.6 Å². The first kappa shape index (κ1) is 24.4. The summed E-state index contributed by atoms with van der Waals surface area (Å²) in [5.74, 6) is 0.612. The molecule has 8 heteroatoms. The number of anilines is 2. The van der Waals surface area contributed by atoms with Crippen LogP contribution in [0.15, 0.2) is 48.9 Å². The maximum atomic E-state index is 13.3. The van der Waals surface area contributed by atoms with E-state index >= 15 is 0 Å². The van der Waals surface area contributed by atoms with Crippen LogP contribution < -0.4 is 9.64 Å². The molecule has 0 N–H and O–H groups in total. The van der Waals surface area contributed by atoms with Gasteiger partial charge in [-0.2, -0.15) is 0 Å². The Morgan fingerprint density at radius 2 is 1.88 bits per heavy atom. The smallest absolute Gasteiger partial charge is 0.235 e. The van der Waals surface area contributed by atoms with Gasteiger partial charge in [-0.05, 0) is 42.0 Å². The van der Waals surface area contributed by atoms with Gasteiger partial charge in [-0.15, -0.1) is 0 Å². The highest BCUT2D eigenvalue weighted by Gasteiger charge is 2.41. The van der Waals surface area contributed by atoms with E-state index in [-0.39, 0.29) is 22.7 Å². The van der Waals surface area contributed by atoms with Gasteiger partial charge in [-0.3, -0.25) is 9.78 Å². The fraction of sp³-hybridized carbons (Fsp3) is 0.462. The summed E-state index contributed by atoms with van der Waals surface area (Å²) in [6.45, 7) is 11.7. The zero-order valence-corrected chi connectivity index (χ0v) is 20.9. The van der Waals surface area contributed by atoms with Crippen LogP contribution in [-0.2, 0) is 15.3 Å². The van der Waals surface area contributed by atoms with Crippen molar-refractivity contribution >= 4 is 27.0 Å². The lowest BCUT2D eigenvalue weighted by atomic mass is 9.77. The number of pyridine rings is 1. The molecule has 1 unspecified atom stereocenters. The first-order valence-electron chi connectivity index (χ1n) is 11.4. The number of alkyl halides is 1. The average Bonchev–Trinajstić information content (AvgIpc) is 2.95. The van der Waals surface area contributed by atoms with E-state index in [2.05, 4.69) is 11.6 Å². The molecule has 4 rings (SSSR count). The minimum Gasteiger partial charge on any atom is -0.459 e. The molecule has 1 fully saturated rings. The van der Waals surface area contributed by atoms with E-state index in [1.165, 1.54) is 13.1 Å². The summed E-state index contributed by atoms with van der Waals surface area (Å²) in [6.07, 6.45) is 3.00. The van der Waals surface area contributed by atoms with Crippen LogP contribution in [0.5, 0.6) is 5.75 Å². The maximum absolute atomic E-state index is 13.3. The highest BCUT2D eigenvalue weighted by Crippen LogP contribution is 2.51. The third kappa shape index (κ3) is 4.60. The Morgan fingerprint density at radius 3 is 2.53 bits per heavy atom. The molecule has 0 aliphatic carbocycles. The Kier molecular flexibility index (Phi) is 6.09. The van der Waals surface area contributed by atoms with Crippen molar-refractivity contribution in [2.45, 2.75) is 58.7 Å². The molecule has 1 aromatic carbocycles. The minimum atomic E-state index is -2.99. The fourth-order valence-electron chi connectivity index (χ4n) is 4.76. The fourth-order valence-corrected chi connectivity index (χ4v) is 6.57. The van der Waals surface area contributed by atoms with Gasteiger partial charge < -0.3 is 9.64 Å². The molecular formula is C26H31FN2O4S. The molecule has 182 valence electrons. The van der Waals surface area contributed by atoms with Gasteiger partial charge in [0.05, 0.1) is 35.3 Å². The zero-order chi connectivity index (χ0) is 24.9. The van der Waals surface area contributed by atoms with Crippen molar-refractivity contribution in [1.29, 1.82) is 0 Å². The molecule has 0 radical (unpaired) electrons. The van der Waals surface area contributed by atoms with Gasteiger partial charge in [-0.25, -0.2) is 12.8 Å². The molecule has 3 heterocycles. The van der Waals surface area contributed by atoms with Crippen molar-refractivity contribution in [1.82, 2.24) is 4.98 Å². The first-order chi connectivity index (χ1) is 15.8. The summed E-state index contributed by atoms with van der Waals surface area (Å²) < 4.78 is 42.1. The van der Waals surface area contributed by atoms with Crippen molar-refractivity contribution in [3.8, 4) is 5.75 Å². The van der Waals surface area contributed by atoms with Crippen LogP contribution >= 0.6 is 0 Å². The van der Waals surface area contributed by atoms with Crippen molar-refractivity contribution in [2.75, 3.05) is 16.4 Å². The second kappa shape index (κ2) is 8.48. The summed E-state index contributed by atoms with van der Waals surface area (Å²) in [5.41, 5.74) is 3.20. The lowest BCUT2D eigenvalue weighted by molar-refractivity contribution is 0.0856. The van der Waals surface area contributed by atoms with E-state index in [1.807, 2.05) is 43.9 Å². The number of carbonyl (C=O) groups excluding carboxylic acids is 1. The first-order valence-corrected chi connectivity index (χ1v) is 13.3. The number of ether oxygens (including phenoxy) is 1. The van der Waals surface area contributed by atoms with E-state index in [0.717, 1.165) is 16.9 Å². The second-order valence-electron chi connectivity index (χ2n) is 10.2.